The minimum absolute atomic E-state index is 0.607. The molecule has 1 rings (SSSR count). The molecule has 0 aliphatic rings. The lowest BCUT2D eigenvalue weighted by Crippen LogP contribution is -2.21. The first-order valence-electron chi connectivity index (χ1n) is 4.16. The zero-order chi connectivity index (χ0) is 10.6. The van der Waals surface area contributed by atoms with Gasteiger partial charge in [0.05, 0.1) is 0 Å². The van der Waals surface area contributed by atoms with Crippen molar-refractivity contribution in [3.8, 4) is 0 Å². The summed E-state index contributed by atoms with van der Waals surface area (Å²) in [6.45, 7) is 1.84. The Balaban J connectivity index is 2.50. The fourth-order valence-corrected chi connectivity index (χ4v) is 1.96. The van der Waals surface area contributed by atoms with Gasteiger partial charge in [-0.25, -0.2) is 0 Å². The Morgan fingerprint density at radius 1 is 1.36 bits per heavy atom. The summed E-state index contributed by atoms with van der Waals surface area (Å²) in [5, 5.41) is 0.138. The largest absolute Gasteiger partial charge is 0.362 e. The van der Waals surface area contributed by atoms with E-state index in [4.69, 9.17) is 27.9 Å². The Hall–Kier alpha value is 0.110. The monoisotopic (exact) mass is 250 g/mol. The maximum atomic E-state index is 6.03. The molecule has 0 bridgehead atoms. The summed E-state index contributed by atoms with van der Waals surface area (Å²) in [4.78, 5) is 1.14. The topological polar surface area (TPSA) is 9.23 Å². The fraction of sp³-hybridized carbons (Fsp3) is 0.400. The molecule has 1 aromatic carbocycles. The molecule has 4 heteroatoms. The van der Waals surface area contributed by atoms with Crippen LogP contribution in [0.2, 0.25) is 5.02 Å². The van der Waals surface area contributed by atoms with Gasteiger partial charge in [-0.2, -0.15) is 0 Å². The first kappa shape index (κ1) is 12.2. The molecule has 1 unspecified atom stereocenters. The third-order valence-electron chi connectivity index (χ3n) is 1.74. The summed E-state index contributed by atoms with van der Waals surface area (Å²) in [6.07, 6.45) is 0. The van der Waals surface area contributed by atoms with E-state index in [0.29, 0.717) is 5.75 Å². The molecular formula is C10H12Cl2OS. The molecule has 0 radical (unpaired) electrons. The molecular weight excluding hydrogens is 239 g/mol. The molecule has 0 saturated carbocycles. The minimum atomic E-state index is -0.607. The van der Waals surface area contributed by atoms with Crippen LogP contribution in [0, 0.1) is 0 Å². The molecule has 0 N–H and O–H groups in total. The van der Waals surface area contributed by atoms with Crippen molar-refractivity contribution in [2.75, 3.05) is 12.9 Å². The number of ether oxygens (including phenoxy) is 1. The Morgan fingerprint density at radius 3 is 2.43 bits per heavy atom. The molecule has 14 heavy (non-hydrogen) atoms. The second kappa shape index (κ2) is 5.26. The standard InChI is InChI=1S/C10H12Cl2OS/c1-10(12,13-2)7-14-9-5-3-8(11)4-6-9/h3-6H,7H2,1-2H3. The van der Waals surface area contributed by atoms with Crippen molar-refractivity contribution < 1.29 is 4.74 Å². The average molecular weight is 251 g/mol. The lowest BCUT2D eigenvalue weighted by molar-refractivity contribution is 0.100. The number of hydrogen-bond acceptors (Lipinski definition) is 2. The summed E-state index contributed by atoms with van der Waals surface area (Å²) < 4.78 is 5.10. The lowest BCUT2D eigenvalue weighted by atomic mass is 10.4. The van der Waals surface area contributed by atoms with Crippen molar-refractivity contribution in [1.29, 1.82) is 0 Å². The quantitative estimate of drug-likeness (QED) is 0.590. The van der Waals surface area contributed by atoms with Gasteiger partial charge in [0, 0.05) is 22.8 Å². The van der Waals surface area contributed by atoms with Crippen LogP contribution in [0.5, 0.6) is 0 Å². The van der Waals surface area contributed by atoms with Crippen LogP contribution in [0.4, 0.5) is 0 Å². The van der Waals surface area contributed by atoms with Gasteiger partial charge < -0.3 is 4.74 Å². The molecule has 1 aromatic rings. The highest BCUT2D eigenvalue weighted by Gasteiger charge is 2.19. The number of halogens is 2. The molecule has 0 spiro atoms. The van der Waals surface area contributed by atoms with Crippen LogP contribution < -0.4 is 0 Å². The van der Waals surface area contributed by atoms with Gasteiger partial charge in [0.2, 0.25) is 0 Å². The maximum Gasteiger partial charge on any atom is 0.147 e. The van der Waals surface area contributed by atoms with E-state index in [9.17, 15) is 0 Å². The molecule has 0 saturated heterocycles. The van der Waals surface area contributed by atoms with Crippen LogP contribution >= 0.6 is 35.0 Å². The van der Waals surface area contributed by atoms with Gasteiger partial charge in [0.25, 0.3) is 0 Å². The van der Waals surface area contributed by atoms with Gasteiger partial charge >= 0.3 is 0 Å². The molecule has 0 heterocycles. The number of benzene rings is 1. The van der Waals surface area contributed by atoms with Crippen molar-refractivity contribution in [3.63, 3.8) is 0 Å². The van der Waals surface area contributed by atoms with E-state index in [0.717, 1.165) is 9.92 Å². The summed E-state index contributed by atoms with van der Waals surface area (Å²) >= 11 is 13.4. The summed E-state index contributed by atoms with van der Waals surface area (Å²) in [5.41, 5.74) is 0. The predicted octanol–water partition coefficient (Wildman–Crippen LogP) is 4.03. The molecule has 78 valence electrons. The number of hydrogen-bond donors (Lipinski definition) is 0. The SMILES string of the molecule is COC(C)(Cl)CSc1ccc(Cl)cc1. The number of thioether (sulfide) groups is 1. The molecule has 1 nitrogen and oxygen atoms in total. The van der Waals surface area contributed by atoms with E-state index in [-0.39, 0.29) is 0 Å². The molecule has 0 aliphatic carbocycles. The zero-order valence-corrected chi connectivity index (χ0v) is 10.4. The highest BCUT2D eigenvalue weighted by molar-refractivity contribution is 7.99. The van der Waals surface area contributed by atoms with Gasteiger partial charge in [-0.05, 0) is 31.2 Å². The van der Waals surface area contributed by atoms with Crippen molar-refractivity contribution in [2.24, 2.45) is 0 Å². The summed E-state index contributed by atoms with van der Waals surface area (Å²) in [7, 11) is 1.61. The maximum absolute atomic E-state index is 6.03. The van der Waals surface area contributed by atoms with E-state index in [2.05, 4.69) is 0 Å². The molecule has 0 fully saturated rings. The first-order chi connectivity index (χ1) is 6.53. The van der Waals surface area contributed by atoms with E-state index in [1.807, 2.05) is 31.2 Å². The Labute approximate surface area is 98.7 Å². The predicted molar refractivity (Wildman–Crippen MR) is 63.4 cm³/mol. The second-order valence-corrected chi connectivity index (χ2v) is 5.33. The van der Waals surface area contributed by atoms with Crippen LogP contribution in [0.3, 0.4) is 0 Å². The van der Waals surface area contributed by atoms with E-state index >= 15 is 0 Å². The van der Waals surface area contributed by atoms with Crippen LogP contribution in [-0.2, 0) is 4.74 Å². The highest BCUT2D eigenvalue weighted by atomic mass is 35.5. The molecule has 0 amide bonds. The van der Waals surface area contributed by atoms with Gasteiger partial charge in [-0.15, -0.1) is 11.8 Å². The van der Waals surface area contributed by atoms with Gasteiger partial charge in [-0.1, -0.05) is 23.2 Å². The number of alkyl halides is 1. The smallest absolute Gasteiger partial charge is 0.147 e. The average Bonchev–Trinajstić information content (AvgIpc) is 2.17. The Morgan fingerprint density at radius 2 is 1.93 bits per heavy atom. The third-order valence-corrected chi connectivity index (χ3v) is 3.73. The van der Waals surface area contributed by atoms with Crippen LogP contribution in [0.25, 0.3) is 0 Å². The van der Waals surface area contributed by atoms with Crippen molar-refractivity contribution in [3.05, 3.63) is 29.3 Å². The Bertz CT molecular complexity index is 285. The first-order valence-corrected chi connectivity index (χ1v) is 5.90. The summed E-state index contributed by atoms with van der Waals surface area (Å²) in [6, 6.07) is 7.66. The van der Waals surface area contributed by atoms with Crippen LogP contribution in [0.1, 0.15) is 6.92 Å². The third kappa shape index (κ3) is 4.09. The van der Waals surface area contributed by atoms with E-state index in [1.165, 1.54) is 0 Å². The number of methoxy groups -OCH3 is 1. The van der Waals surface area contributed by atoms with Crippen molar-refractivity contribution in [1.82, 2.24) is 0 Å². The van der Waals surface area contributed by atoms with Crippen molar-refractivity contribution in [2.45, 2.75) is 16.9 Å². The minimum Gasteiger partial charge on any atom is -0.362 e. The molecule has 1 atom stereocenters. The van der Waals surface area contributed by atoms with E-state index < -0.39 is 5.06 Å². The molecule has 0 aromatic heterocycles. The normalized spacial score (nSPS) is 15.1. The lowest BCUT2D eigenvalue weighted by Gasteiger charge is -2.19. The van der Waals surface area contributed by atoms with Crippen LogP contribution in [0.15, 0.2) is 29.2 Å². The van der Waals surface area contributed by atoms with Crippen molar-refractivity contribution >= 4 is 35.0 Å². The Kier molecular flexibility index (Phi) is 4.58. The van der Waals surface area contributed by atoms with Gasteiger partial charge in [0.1, 0.15) is 5.06 Å². The fourth-order valence-electron chi connectivity index (χ4n) is 0.802. The summed E-state index contributed by atoms with van der Waals surface area (Å²) in [5.74, 6) is 0.701. The zero-order valence-electron chi connectivity index (χ0n) is 8.09. The van der Waals surface area contributed by atoms with Gasteiger partial charge in [0.15, 0.2) is 0 Å². The number of rotatable bonds is 4. The van der Waals surface area contributed by atoms with E-state index in [1.54, 1.807) is 18.9 Å². The molecule has 0 aliphatic heterocycles. The van der Waals surface area contributed by atoms with Gasteiger partial charge in [-0.3, -0.25) is 0 Å². The van der Waals surface area contributed by atoms with Crippen LogP contribution in [-0.4, -0.2) is 17.9 Å². The highest BCUT2D eigenvalue weighted by Crippen LogP contribution is 2.27. The second-order valence-electron chi connectivity index (χ2n) is 3.05.